The van der Waals surface area contributed by atoms with Crippen LogP contribution in [0.1, 0.15) is 29.4 Å². The standard InChI is InChI=1S/C19H20N4O3/c1-2-16-18(13-6-4-3-5-7-13)21-12-23(16)9-8-17(24)22-15-11-20-10-14(15)19(25)26/h3-7,10-12,20H,2,8-9H2,1H3,(H,22,24)(H,25,26). The number of aryl methyl sites for hydroxylation is 1. The van der Waals surface area contributed by atoms with Crippen LogP contribution in [0.15, 0.2) is 49.1 Å². The van der Waals surface area contributed by atoms with E-state index < -0.39 is 5.97 Å². The van der Waals surface area contributed by atoms with Crippen molar-refractivity contribution in [1.82, 2.24) is 14.5 Å². The van der Waals surface area contributed by atoms with Crippen LogP contribution in [0.25, 0.3) is 11.3 Å². The predicted octanol–water partition coefficient (Wildman–Crippen LogP) is 3.17. The van der Waals surface area contributed by atoms with E-state index in [0.717, 1.165) is 23.4 Å². The maximum absolute atomic E-state index is 12.2. The highest BCUT2D eigenvalue weighted by Crippen LogP contribution is 2.23. The van der Waals surface area contributed by atoms with E-state index in [1.807, 2.05) is 34.9 Å². The van der Waals surface area contributed by atoms with Crippen molar-refractivity contribution >= 4 is 17.6 Å². The SMILES string of the molecule is CCc1c(-c2ccccc2)ncn1CCC(=O)Nc1c[nH]cc1C(=O)O. The maximum Gasteiger partial charge on any atom is 0.339 e. The van der Waals surface area contributed by atoms with Gasteiger partial charge < -0.3 is 20.0 Å². The molecule has 0 atom stereocenters. The van der Waals surface area contributed by atoms with E-state index in [1.54, 1.807) is 6.33 Å². The molecule has 26 heavy (non-hydrogen) atoms. The lowest BCUT2D eigenvalue weighted by molar-refractivity contribution is -0.116. The Hall–Kier alpha value is -3.35. The molecule has 0 aliphatic carbocycles. The van der Waals surface area contributed by atoms with Crippen molar-refractivity contribution < 1.29 is 14.7 Å². The summed E-state index contributed by atoms with van der Waals surface area (Å²) in [4.78, 5) is 30.4. The van der Waals surface area contributed by atoms with E-state index in [2.05, 4.69) is 22.2 Å². The Bertz CT molecular complexity index is 912. The predicted molar refractivity (Wildman–Crippen MR) is 98.0 cm³/mol. The molecule has 1 aromatic carbocycles. The minimum atomic E-state index is -1.09. The molecule has 0 bridgehead atoms. The Kier molecular flexibility index (Phi) is 5.17. The molecule has 0 fully saturated rings. The third kappa shape index (κ3) is 3.66. The van der Waals surface area contributed by atoms with E-state index in [0.29, 0.717) is 6.54 Å². The van der Waals surface area contributed by atoms with Crippen molar-refractivity contribution in [3.05, 3.63) is 60.3 Å². The molecular formula is C19H20N4O3. The Morgan fingerprint density at radius 2 is 2.00 bits per heavy atom. The van der Waals surface area contributed by atoms with Gasteiger partial charge in [-0.2, -0.15) is 0 Å². The average molecular weight is 352 g/mol. The van der Waals surface area contributed by atoms with Crippen LogP contribution in [0.2, 0.25) is 0 Å². The van der Waals surface area contributed by atoms with Crippen molar-refractivity contribution in [2.45, 2.75) is 26.3 Å². The number of carbonyl (C=O) groups excluding carboxylic acids is 1. The van der Waals surface area contributed by atoms with Crippen LogP contribution in [0.4, 0.5) is 5.69 Å². The second-order valence-electron chi connectivity index (χ2n) is 5.84. The second-order valence-corrected chi connectivity index (χ2v) is 5.84. The van der Waals surface area contributed by atoms with Crippen molar-refractivity contribution in [1.29, 1.82) is 0 Å². The number of aromatic carboxylic acids is 1. The Labute approximate surface area is 150 Å². The normalized spacial score (nSPS) is 10.7. The lowest BCUT2D eigenvalue weighted by atomic mass is 10.1. The summed E-state index contributed by atoms with van der Waals surface area (Å²) in [6.07, 6.45) is 5.57. The molecule has 0 aliphatic heterocycles. The van der Waals surface area contributed by atoms with Crippen LogP contribution in [-0.2, 0) is 17.8 Å². The summed E-state index contributed by atoms with van der Waals surface area (Å²) >= 11 is 0. The van der Waals surface area contributed by atoms with Crippen LogP contribution in [0, 0.1) is 0 Å². The lowest BCUT2D eigenvalue weighted by Gasteiger charge is -2.09. The number of hydrogen-bond acceptors (Lipinski definition) is 3. The fourth-order valence-corrected chi connectivity index (χ4v) is 2.89. The molecule has 134 valence electrons. The summed E-state index contributed by atoms with van der Waals surface area (Å²) in [6.45, 7) is 2.53. The van der Waals surface area contributed by atoms with E-state index in [4.69, 9.17) is 5.11 Å². The van der Waals surface area contributed by atoms with Crippen molar-refractivity contribution in [3.63, 3.8) is 0 Å². The summed E-state index contributed by atoms with van der Waals surface area (Å²) in [5, 5.41) is 11.7. The summed E-state index contributed by atoms with van der Waals surface area (Å²) < 4.78 is 1.97. The number of aromatic amines is 1. The number of carboxylic acid groups (broad SMARTS) is 1. The van der Waals surface area contributed by atoms with Gasteiger partial charge in [-0.3, -0.25) is 4.79 Å². The lowest BCUT2D eigenvalue weighted by Crippen LogP contribution is -2.16. The number of carbonyl (C=O) groups is 2. The van der Waals surface area contributed by atoms with Crippen molar-refractivity contribution in [2.75, 3.05) is 5.32 Å². The number of hydrogen-bond donors (Lipinski definition) is 3. The zero-order chi connectivity index (χ0) is 18.5. The van der Waals surface area contributed by atoms with Crippen LogP contribution in [-0.4, -0.2) is 31.5 Å². The van der Waals surface area contributed by atoms with Gasteiger partial charge in [0, 0.05) is 36.6 Å². The summed E-state index contributed by atoms with van der Waals surface area (Å²) in [7, 11) is 0. The molecule has 0 aliphatic rings. The molecule has 1 amide bonds. The van der Waals surface area contributed by atoms with Gasteiger partial charge in [0.15, 0.2) is 0 Å². The van der Waals surface area contributed by atoms with Gasteiger partial charge in [0.2, 0.25) is 5.91 Å². The second kappa shape index (κ2) is 7.69. The minimum Gasteiger partial charge on any atom is -0.478 e. The molecule has 2 aromatic heterocycles. The molecule has 0 unspecified atom stereocenters. The number of aromatic nitrogens is 3. The molecule has 0 spiro atoms. The third-order valence-electron chi connectivity index (χ3n) is 4.16. The van der Waals surface area contributed by atoms with Crippen LogP contribution in [0.3, 0.4) is 0 Å². The van der Waals surface area contributed by atoms with Crippen LogP contribution < -0.4 is 5.32 Å². The first kappa shape index (κ1) is 17.5. The molecule has 0 saturated heterocycles. The molecule has 3 rings (SSSR count). The number of benzene rings is 1. The van der Waals surface area contributed by atoms with Gasteiger partial charge in [-0.15, -0.1) is 0 Å². The van der Waals surface area contributed by atoms with Crippen LogP contribution in [0.5, 0.6) is 0 Å². The zero-order valence-corrected chi connectivity index (χ0v) is 14.4. The number of H-pyrrole nitrogens is 1. The van der Waals surface area contributed by atoms with Gasteiger partial charge in [0.1, 0.15) is 5.56 Å². The van der Waals surface area contributed by atoms with Gasteiger partial charge in [-0.05, 0) is 6.42 Å². The smallest absolute Gasteiger partial charge is 0.339 e. The molecule has 0 radical (unpaired) electrons. The fourth-order valence-electron chi connectivity index (χ4n) is 2.89. The van der Waals surface area contributed by atoms with E-state index in [-0.39, 0.29) is 23.6 Å². The van der Waals surface area contributed by atoms with Crippen LogP contribution >= 0.6 is 0 Å². The van der Waals surface area contributed by atoms with E-state index in [9.17, 15) is 9.59 Å². The first-order valence-electron chi connectivity index (χ1n) is 8.39. The fraction of sp³-hybridized carbons (Fsp3) is 0.211. The Balaban J connectivity index is 1.68. The van der Waals surface area contributed by atoms with Gasteiger partial charge in [-0.25, -0.2) is 9.78 Å². The van der Waals surface area contributed by atoms with E-state index >= 15 is 0 Å². The Morgan fingerprint density at radius 3 is 2.69 bits per heavy atom. The molecule has 0 saturated carbocycles. The first-order valence-corrected chi connectivity index (χ1v) is 8.39. The monoisotopic (exact) mass is 352 g/mol. The summed E-state index contributed by atoms with van der Waals surface area (Å²) in [5.74, 6) is -1.33. The molecule has 3 N–H and O–H groups in total. The average Bonchev–Trinajstić information content (AvgIpc) is 3.27. The largest absolute Gasteiger partial charge is 0.478 e. The van der Waals surface area contributed by atoms with E-state index in [1.165, 1.54) is 12.4 Å². The highest BCUT2D eigenvalue weighted by molar-refractivity contribution is 6.00. The molecule has 2 heterocycles. The highest BCUT2D eigenvalue weighted by atomic mass is 16.4. The van der Waals surface area contributed by atoms with Gasteiger partial charge in [-0.1, -0.05) is 37.3 Å². The van der Waals surface area contributed by atoms with Gasteiger partial charge in [0.25, 0.3) is 0 Å². The van der Waals surface area contributed by atoms with Crippen molar-refractivity contribution in [3.8, 4) is 11.3 Å². The molecule has 7 heteroatoms. The molecule has 3 aromatic rings. The minimum absolute atomic E-state index is 0.0431. The number of amides is 1. The molecular weight excluding hydrogens is 332 g/mol. The first-order chi connectivity index (χ1) is 12.6. The van der Waals surface area contributed by atoms with Gasteiger partial charge in [0.05, 0.1) is 17.7 Å². The van der Waals surface area contributed by atoms with Gasteiger partial charge >= 0.3 is 5.97 Å². The topological polar surface area (TPSA) is 100 Å². The number of anilines is 1. The maximum atomic E-state index is 12.2. The molecule has 7 nitrogen and oxygen atoms in total. The highest BCUT2D eigenvalue weighted by Gasteiger charge is 2.15. The number of rotatable bonds is 7. The number of carboxylic acids is 1. The van der Waals surface area contributed by atoms with Crippen molar-refractivity contribution in [2.24, 2.45) is 0 Å². The Morgan fingerprint density at radius 1 is 1.23 bits per heavy atom. The number of nitrogens with one attached hydrogen (secondary N) is 2. The zero-order valence-electron chi connectivity index (χ0n) is 14.4. The third-order valence-corrected chi connectivity index (χ3v) is 4.16. The number of nitrogens with zero attached hydrogens (tertiary/aromatic N) is 2. The quantitative estimate of drug-likeness (QED) is 0.608. The number of imidazole rings is 1. The summed E-state index contributed by atoms with van der Waals surface area (Å²) in [5.41, 5.74) is 3.35. The summed E-state index contributed by atoms with van der Waals surface area (Å²) in [6, 6.07) is 9.93.